The number of fused-ring (bicyclic) bond motifs is 1. The van der Waals surface area contributed by atoms with Gasteiger partial charge in [-0.05, 0) is 37.2 Å². The number of amides is 1. The van der Waals surface area contributed by atoms with Crippen molar-refractivity contribution in [3.63, 3.8) is 0 Å². The second-order valence-electron chi connectivity index (χ2n) is 5.33. The zero-order valence-corrected chi connectivity index (χ0v) is 10.9. The summed E-state index contributed by atoms with van der Waals surface area (Å²) in [5.41, 5.74) is 0.364. The Balaban J connectivity index is 1.69. The Hall–Kier alpha value is -1.62. The number of carbonyl (C=O) groups excluding carboxylic acids is 1. The fraction of sp³-hybridized carbons (Fsp3) is 0.462. The zero-order chi connectivity index (χ0) is 13.6. The van der Waals surface area contributed by atoms with Crippen molar-refractivity contribution in [1.82, 2.24) is 0 Å². The topological polar surface area (TPSA) is 72.2 Å². The van der Waals surface area contributed by atoms with Crippen LogP contribution in [0.15, 0.2) is 18.2 Å². The molecule has 0 radical (unpaired) electrons. The first kappa shape index (κ1) is 12.4. The van der Waals surface area contributed by atoms with Crippen LogP contribution in [0.2, 0.25) is 5.02 Å². The standard InChI is InChI=1S/C13H13ClN2O3/c14-11-6-10(16(18)19)1-2-12(11)15-13(17)9-4-7-3-8(7)5-9/h1-2,6-9H,3-5H2,(H,15,17). The number of nitrogens with zero attached hydrogens (tertiary/aromatic N) is 1. The Bertz CT molecular complexity index is 551. The summed E-state index contributed by atoms with van der Waals surface area (Å²) in [5.74, 6) is 1.52. The van der Waals surface area contributed by atoms with E-state index in [-0.39, 0.29) is 22.5 Å². The van der Waals surface area contributed by atoms with Gasteiger partial charge in [-0.15, -0.1) is 0 Å². The van der Waals surface area contributed by atoms with Crippen LogP contribution in [-0.2, 0) is 4.79 Å². The molecule has 2 atom stereocenters. The van der Waals surface area contributed by atoms with Crippen molar-refractivity contribution in [2.45, 2.75) is 19.3 Å². The van der Waals surface area contributed by atoms with E-state index in [4.69, 9.17) is 11.6 Å². The largest absolute Gasteiger partial charge is 0.325 e. The summed E-state index contributed by atoms with van der Waals surface area (Å²) in [5, 5.41) is 13.6. The van der Waals surface area contributed by atoms with Crippen molar-refractivity contribution < 1.29 is 9.72 Å². The third-order valence-electron chi connectivity index (χ3n) is 4.04. The van der Waals surface area contributed by atoms with Gasteiger partial charge in [-0.2, -0.15) is 0 Å². The molecule has 1 aromatic rings. The van der Waals surface area contributed by atoms with Gasteiger partial charge in [0.15, 0.2) is 0 Å². The molecule has 1 N–H and O–H groups in total. The normalized spacial score (nSPS) is 27.7. The molecule has 2 fully saturated rings. The van der Waals surface area contributed by atoms with Gasteiger partial charge in [0, 0.05) is 18.1 Å². The highest BCUT2D eigenvalue weighted by atomic mass is 35.5. The maximum atomic E-state index is 12.0. The number of non-ortho nitro benzene ring substituents is 1. The highest BCUT2D eigenvalue weighted by Crippen LogP contribution is 2.54. The van der Waals surface area contributed by atoms with E-state index in [1.54, 1.807) is 0 Å². The van der Waals surface area contributed by atoms with Gasteiger partial charge >= 0.3 is 0 Å². The molecule has 0 spiro atoms. The quantitative estimate of drug-likeness (QED) is 0.682. The molecular formula is C13H13ClN2O3. The average Bonchev–Trinajstić information content (AvgIpc) is 2.98. The second kappa shape index (κ2) is 4.49. The lowest BCUT2D eigenvalue weighted by Crippen LogP contribution is -2.21. The van der Waals surface area contributed by atoms with E-state index in [1.807, 2.05) is 0 Å². The van der Waals surface area contributed by atoms with Gasteiger partial charge in [-0.25, -0.2) is 0 Å². The van der Waals surface area contributed by atoms with E-state index in [0.29, 0.717) is 5.69 Å². The minimum atomic E-state index is -0.512. The fourth-order valence-corrected chi connectivity index (χ4v) is 3.10. The van der Waals surface area contributed by atoms with Crippen LogP contribution in [-0.4, -0.2) is 10.8 Å². The smallest absolute Gasteiger partial charge is 0.271 e. The molecule has 3 rings (SSSR count). The molecule has 0 aliphatic heterocycles. The lowest BCUT2D eigenvalue weighted by Gasteiger charge is -2.13. The Morgan fingerprint density at radius 3 is 2.58 bits per heavy atom. The lowest BCUT2D eigenvalue weighted by atomic mass is 10.0. The molecular weight excluding hydrogens is 268 g/mol. The fourth-order valence-electron chi connectivity index (χ4n) is 2.88. The molecule has 1 aromatic carbocycles. The van der Waals surface area contributed by atoms with Crippen LogP contribution >= 0.6 is 11.6 Å². The minimum absolute atomic E-state index is 0.0250. The summed E-state index contributed by atoms with van der Waals surface area (Å²) in [6.07, 6.45) is 3.18. The number of nitro benzene ring substituents is 1. The molecule has 1 amide bonds. The van der Waals surface area contributed by atoms with E-state index in [1.165, 1.54) is 24.6 Å². The van der Waals surface area contributed by atoms with Crippen LogP contribution in [0.1, 0.15) is 19.3 Å². The third-order valence-corrected chi connectivity index (χ3v) is 4.35. The Morgan fingerprint density at radius 2 is 2.00 bits per heavy atom. The minimum Gasteiger partial charge on any atom is -0.325 e. The molecule has 2 unspecified atom stereocenters. The first-order chi connectivity index (χ1) is 9.04. The molecule has 2 saturated carbocycles. The zero-order valence-electron chi connectivity index (χ0n) is 10.1. The van der Waals surface area contributed by atoms with Crippen molar-refractivity contribution in [3.8, 4) is 0 Å². The Kier molecular flexibility index (Phi) is 2.93. The van der Waals surface area contributed by atoms with Gasteiger partial charge in [0.1, 0.15) is 0 Å². The summed E-state index contributed by atoms with van der Waals surface area (Å²) >= 11 is 5.94. The van der Waals surface area contributed by atoms with Crippen LogP contribution in [0.25, 0.3) is 0 Å². The average molecular weight is 281 g/mol. The molecule has 5 nitrogen and oxygen atoms in total. The van der Waals surface area contributed by atoms with E-state index in [9.17, 15) is 14.9 Å². The lowest BCUT2D eigenvalue weighted by molar-refractivity contribution is -0.384. The monoisotopic (exact) mass is 280 g/mol. The van der Waals surface area contributed by atoms with Crippen LogP contribution in [0.4, 0.5) is 11.4 Å². The summed E-state index contributed by atoms with van der Waals surface area (Å²) in [6.45, 7) is 0. The van der Waals surface area contributed by atoms with Gasteiger partial charge in [0.05, 0.1) is 15.6 Å². The van der Waals surface area contributed by atoms with Gasteiger partial charge < -0.3 is 5.32 Å². The number of benzene rings is 1. The second-order valence-corrected chi connectivity index (χ2v) is 5.74. The number of anilines is 1. The van der Waals surface area contributed by atoms with Gasteiger partial charge in [0.25, 0.3) is 5.69 Å². The number of rotatable bonds is 3. The molecule has 100 valence electrons. The highest BCUT2D eigenvalue weighted by Gasteiger charge is 2.48. The van der Waals surface area contributed by atoms with E-state index in [0.717, 1.165) is 24.7 Å². The molecule has 0 saturated heterocycles. The van der Waals surface area contributed by atoms with Crippen molar-refractivity contribution in [2.75, 3.05) is 5.32 Å². The number of hydrogen-bond donors (Lipinski definition) is 1. The molecule has 2 aliphatic rings. The number of nitro groups is 1. The highest BCUT2D eigenvalue weighted by molar-refractivity contribution is 6.34. The molecule has 19 heavy (non-hydrogen) atoms. The van der Waals surface area contributed by atoms with Crippen molar-refractivity contribution >= 4 is 28.9 Å². The number of carbonyl (C=O) groups is 1. The van der Waals surface area contributed by atoms with Crippen LogP contribution in [0.5, 0.6) is 0 Å². The van der Waals surface area contributed by atoms with Crippen molar-refractivity contribution in [1.29, 1.82) is 0 Å². The summed E-state index contributed by atoms with van der Waals surface area (Å²) in [4.78, 5) is 22.1. The predicted octanol–water partition coefficient (Wildman–Crippen LogP) is 3.23. The third kappa shape index (κ3) is 2.42. The van der Waals surface area contributed by atoms with Crippen LogP contribution in [0.3, 0.4) is 0 Å². The molecule has 2 aliphatic carbocycles. The molecule has 0 heterocycles. The molecule has 6 heteroatoms. The SMILES string of the molecule is O=C(Nc1ccc([N+](=O)[O-])cc1Cl)C1CC2CC2C1. The maximum absolute atomic E-state index is 12.0. The predicted molar refractivity (Wildman–Crippen MR) is 71.1 cm³/mol. The number of nitrogens with one attached hydrogen (secondary N) is 1. The van der Waals surface area contributed by atoms with Gasteiger partial charge in [0.2, 0.25) is 5.91 Å². The maximum Gasteiger partial charge on any atom is 0.271 e. The van der Waals surface area contributed by atoms with E-state index >= 15 is 0 Å². The van der Waals surface area contributed by atoms with E-state index < -0.39 is 4.92 Å². The van der Waals surface area contributed by atoms with Crippen molar-refractivity contribution in [3.05, 3.63) is 33.3 Å². The Labute approximate surface area is 115 Å². The Morgan fingerprint density at radius 1 is 1.32 bits per heavy atom. The summed E-state index contributed by atoms with van der Waals surface area (Å²) in [7, 11) is 0. The first-order valence-electron chi connectivity index (χ1n) is 6.29. The van der Waals surface area contributed by atoms with E-state index in [2.05, 4.69) is 5.32 Å². The molecule has 0 aromatic heterocycles. The van der Waals surface area contributed by atoms with Crippen molar-refractivity contribution in [2.24, 2.45) is 17.8 Å². The first-order valence-corrected chi connectivity index (χ1v) is 6.67. The van der Waals surface area contributed by atoms with Crippen LogP contribution in [0, 0.1) is 27.9 Å². The summed E-state index contributed by atoms with van der Waals surface area (Å²) < 4.78 is 0. The summed E-state index contributed by atoms with van der Waals surface area (Å²) in [6, 6.07) is 4.07. The number of hydrogen-bond acceptors (Lipinski definition) is 3. The van der Waals surface area contributed by atoms with Gasteiger partial charge in [-0.3, -0.25) is 14.9 Å². The van der Waals surface area contributed by atoms with Gasteiger partial charge in [-0.1, -0.05) is 11.6 Å². The van der Waals surface area contributed by atoms with Crippen LogP contribution < -0.4 is 5.32 Å². The molecule has 0 bridgehead atoms. The number of halogens is 1.